The minimum Gasteiger partial charge on any atom is -0.481 e. The number of carbonyl (C=O) groups excluding carboxylic acids is 1. The summed E-state index contributed by atoms with van der Waals surface area (Å²) in [6, 6.07) is 17.3. The number of hydrogen-bond donors (Lipinski definition) is 2. The van der Waals surface area contributed by atoms with Crippen molar-refractivity contribution in [3.8, 4) is 0 Å². The molecule has 0 saturated carbocycles. The zero-order chi connectivity index (χ0) is 22.7. The molecule has 1 aromatic heterocycles. The molecular formula is C24H16BrClN2O4. The highest BCUT2D eigenvalue weighted by Crippen LogP contribution is 2.33. The van der Waals surface area contributed by atoms with Crippen LogP contribution in [0.25, 0.3) is 17.2 Å². The van der Waals surface area contributed by atoms with Crippen molar-refractivity contribution < 1.29 is 19.1 Å². The van der Waals surface area contributed by atoms with E-state index in [0.717, 1.165) is 10.0 Å². The lowest BCUT2D eigenvalue weighted by atomic mass is 9.91. The third-order valence-corrected chi connectivity index (χ3v) is 5.67. The highest BCUT2D eigenvalue weighted by atomic mass is 79.9. The Bertz CT molecular complexity index is 1330. The maximum absolute atomic E-state index is 12.3. The number of nitrogens with zero attached hydrogens (tertiary/aromatic N) is 1. The highest BCUT2D eigenvalue weighted by Gasteiger charge is 2.25. The summed E-state index contributed by atoms with van der Waals surface area (Å²) in [5, 5.41) is 12.8. The molecule has 0 fully saturated rings. The first kappa shape index (κ1) is 21.8. The quantitative estimate of drug-likeness (QED) is 0.305. The Balaban J connectivity index is 1.54. The van der Waals surface area contributed by atoms with E-state index in [1.54, 1.807) is 36.4 Å². The van der Waals surface area contributed by atoms with Crippen molar-refractivity contribution in [2.45, 2.75) is 5.92 Å². The molecular weight excluding hydrogens is 496 g/mol. The average molecular weight is 512 g/mol. The molecule has 32 heavy (non-hydrogen) atoms. The Morgan fingerprint density at radius 2 is 1.88 bits per heavy atom. The fourth-order valence-electron chi connectivity index (χ4n) is 3.28. The SMILES string of the molecule is O=C(C=Cc1ccc(Br)cc1)Nc1ccc(C(C(=O)O)c2ccc3ncoc3c2)c(Cl)c1. The lowest BCUT2D eigenvalue weighted by Gasteiger charge is -2.16. The van der Waals surface area contributed by atoms with E-state index in [2.05, 4.69) is 26.2 Å². The summed E-state index contributed by atoms with van der Waals surface area (Å²) >= 11 is 9.78. The number of aliphatic carboxylic acids is 1. The first-order valence-electron chi connectivity index (χ1n) is 9.51. The van der Waals surface area contributed by atoms with Crippen molar-refractivity contribution in [2.24, 2.45) is 0 Å². The smallest absolute Gasteiger partial charge is 0.315 e. The Kier molecular flexibility index (Phi) is 6.39. The number of carboxylic acid groups (broad SMARTS) is 1. The minimum absolute atomic E-state index is 0.227. The lowest BCUT2D eigenvalue weighted by Crippen LogP contribution is -2.14. The van der Waals surface area contributed by atoms with Gasteiger partial charge in [0, 0.05) is 21.3 Å². The van der Waals surface area contributed by atoms with Gasteiger partial charge in [-0.15, -0.1) is 0 Å². The van der Waals surface area contributed by atoms with Gasteiger partial charge in [-0.1, -0.05) is 51.8 Å². The third kappa shape index (κ3) is 4.90. The number of hydrogen-bond acceptors (Lipinski definition) is 4. The van der Waals surface area contributed by atoms with Crippen molar-refractivity contribution in [3.63, 3.8) is 0 Å². The Hall–Kier alpha value is -3.42. The fourth-order valence-corrected chi connectivity index (χ4v) is 3.83. The van der Waals surface area contributed by atoms with E-state index in [1.807, 2.05) is 24.3 Å². The van der Waals surface area contributed by atoms with E-state index in [1.165, 1.54) is 18.5 Å². The lowest BCUT2D eigenvalue weighted by molar-refractivity contribution is -0.137. The van der Waals surface area contributed by atoms with Gasteiger partial charge in [0.1, 0.15) is 11.4 Å². The largest absolute Gasteiger partial charge is 0.481 e. The van der Waals surface area contributed by atoms with E-state index in [4.69, 9.17) is 16.0 Å². The van der Waals surface area contributed by atoms with Crippen LogP contribution in [0.2, 0.25) is 5.02 Å². The third-order valence-electron chi connectivity index (χ3n) is 4.81. The predicted octanol–water partition coefficient (Wildman–Crippen LogP) is 6.11. The second-order valence-electron chi connectivity index (χ2n) is 6.96. The molecule has 160 valence electrons. The number of aromatic nitrogens is 1. The van der Waals surface area contributed by atoms with E-state index in [0.29, 0.717) is 27.9 Å². The molecule has 4 aromatic rings. The van der Waals surface area contributed by atoms with Crippen LogP contribution >= 0.6 is 27.5 Å². The predicted molar refractivity (Wildman–Crippen MR) is 127 cm³/mol. The zero-order valence-electron chi connectivity index (χ0n) is 16.5. The molecule has 0 radical (unpaired) electrons. The van der Waals surface area contributed by atoms with Crippen LogP contribution in [0, 0.1) is 0 Å². The molecule has 1 heterocycles. The summed E-state index contributed by atoms with van der Waals surface area (Å²) in [7, 11) is 0. The number of benzene rings is 3. The van der Waals surface area contributed by atoms with Crippen molar-refractivity contribution in [2.75, 3.05) is 5.32 Å². The Morgan fingerprint density at radius 1 is 1.09 bits per heavy atom. The zero-order valence-corrected chi connectivity index (χ0v) is 18.8. The average Bonchev–Trinajstić information content (AvgIpc) is 3.23. The summed E-state index contributed by atoms with van der Waals surface area (Å²) in [5.74, 6) is -2.39. The molecule has 1 amide bonds. The summed E-state index contributed by atoms with van der Waals surface area (Å²) in [5.41, 5.74) is 3.38. The monoisotopic (exact) mass is 510 g/mol. The van der Waals surface area contributed by atoms with Crippen LogP contribution < -0.4 is 5.32 Å². The van der Waals surface area contributed by atoms with Gasteiger partial charge < -0.3 is 14.8 Å². The van der Waals surface area contributed by atoms with Gasteiger partial charge in [-0.05, 0) is 59.2 Å². The number of carboxylic acids is 1. The number of rotatable bonds is 6. The number of nitrogens with one attached hydrogen (secondary N) is 1. The van der Waals surface area contributed by atoms with Gasteiger partial charge in [0.25, 0.3) is 0 Å². The van der Waals surface area contributed by atoms with Crippen molar-refractivity contribution >= 4 is 62.3 Å². The molecule has 1 unspecified atom stereocenters. The van der Waals surface area contributed by atoms with Gasteiger partial charge in [0.2, 0.25) is 5.91 Å². The summed E-state index contributed by atoms with van der Waals surface area (Å²) in [6.07, 6.45) is 4.41. The molecule has 6 nitrogen and oxygen atoms in total. The fraction of sp³-hybridized carbons (Fsp3) is 0.0417. The van der Waals surface area contributed by atoms with Gasteiger partial charge >= 0.3 is 5.97 Å². The van der Waals surface area contributed by atoms with Crippen LogP contribution in [0.4, 0.5) is 5.69 Å². The van der Waals surface area contributed by atoms with E-state index in [9.17, 15) is 14.7 Å². The normalized spacial score (nSPS) is 12.2. The first-order valence-corrected chi connectivity index (χ1v) is 10.7. The van der Waals surface area contributed by atoms with Gasteiger partial charge in [-0.25, -0.2) is 4.98 Å². The van der Waals surface area contributed by atoms with Crippen LogP contribution in [-0.2, 0) is 9.59 Å². The molecule has 4 rings (SSSR count). The van der Waals surface area contributed by atoms with E-state index >= 15 is 0 Å². The molecule has 3 aromatic carbocycles. The molecule has 8 heteroatoms. The van der Waals surface area contributed by atoms with Crippen LogP contribution in [0.15, 0.2) is 82.0 Å². The van der Waals surface area contributed by atoms with Gasteiger partial charge in [0.05, 0.1) is 0 Å². The molecule has 0 aliphatic heterocycles. The number of carbonyl (C=O) groups is 2. The van der Waals surface area contributed by atoms with E-state index < -0.39 is 11.9 Å². The van der Waals surface area contributed by atoms with Crippen molar-refractivity contribution in [1.82, 2.24) is 4.98 Å². The number of amides is 1. The minimum atomic E-state index is -1.06. The molecule has 0 bridgehead atoms. The number of fused-ring (bicyclic) bond motifs is 1. The second kappa shape index (κ2) is 9.38. The standard InChI is InChI=1S/C24H16BrClN2O4/c25-16-5-1-14(2-6-16)3-10-22(29)28-17-7-8-18(19(26)12-17)23(24(30)31)15-4-9-20-21(11-15)32-13-27-20/h1-13,23H,(H,28,29)(H,30,31). The summed E-state index contributed by atoms with van der Waals surface area (Å²) in [4.78, 5) is 28.3. The maximum atomic E-state index is 12.3. The van der Waals surface area contributed by atoms with Gasteiger partial charge in [-0.3, -0.25) is 9.59 Å². The molecule has 0 aliphatic carbocycles. The first-order chi connectivity index (χ1) is 15.4. The second-order valence-corrected chi connectivity index (χ2v) is 8.28. The van der Waals surface area contributed by atoms with Crippen molar-refractivity contribution in [1.29, 1.82) is 0 Å². The highest BCUT2D eigenvalue weighted by molar-refractivity contribution is 9.10. The molecule has 0 aliphatic rings. The van der Waals surface area contributed by atoms with Crippen LogP contribution in [-0.4, -0.2) is 22.0 Å². The van der Waals surface area contributed by atoms with Crippen molar-refractivity contribution in [3.05, 3.63) is 99.3 Å². The Labute approximate surface area is 196 Å². The van der Waals surface area contributed by atoms with Gasteiger partial charge in [0.15, 0.2) is 12.0 Å². The van der Waals surface area contributed by atoms with Crippen LogP contribution in [0.5, 0.6) is 0 Å². The summed E-state index contributed by atoms with van der Waals surface area (Å²) in [6.45, 7) is 0. The summed E-state index contributed by atoms with van der Waals surface area (Å²) < 4.78 is 6.24. The number of oxazole rings is 1. The number of anilines is 1. The molecule has 0 saturated heterocycles. The molecule has 0 spiro atoms. The maximum Gasteiger partial charge on any atom is 0.315 e. The van der Waals surface area contributed by atoms with E-state index in [-0.39, 0.29) is 10.9 Å². The molecule has 2 N–H and O–H groups in total. The number of halogens is 2. The van der Waals surface area contributed by atoms with Gasteiger partial charge in [-0.2, -0.15) is 0 Å². The topological polar surface area (TPSA) is 92.4 Å². The molecule has 1 atom stereocenters. The van der Waals surface area contributed by atoms with Crippen LogP contribution in [0.3, 0.4) is 0 Å². The Morgan fingerprint density at radius 3 is 2.59 bits per heavy atom. The van der Waals surface area contributed by atoms with Crippen LogP contribution in [0.1, 0.15) is 22.6 Å².